The van der Waals surface area contributed by atoms with Gasteiger partial charge < -0.3 is 4.90 Å². The molecule has 0 N–H and O–H groups in total. The summed E-state index contributed by atoms with van der Waals surface area (Å²) in [5.74, 6) is 0.404. The van der Waals surface area contributed by atoms with Crippen LogP contribution >= 0.6 is 11.8 Å². The topological polar surface area (TPSA) is 20.3 Å². The second-order valence-corrected chi connectivity index (χ2v) is 7.80. The van der Waals surface area contributed by atoms with E-state index in [2.05, 4.69) is 6.92 Å². The molecule has 1 aliphatic heterocycles. The van der Waals surface area contributed by atoms with Gasteiger partial charge in [0.1, 0.15) is 5.37 Å². The van der Waals surface area contributed by atoms with Gasteiger partial charge in [0.2, 0.25) is 0 Å². The van der Waals surface area contributed by atoms with Crippen molar-refractivity contribution in [3.63, 3.8) is 0 Å². The van der Waals surface area contributed by atoms with Crippen LogP contribution < -0.4 is 0 Å². The Labute approximate surface area is 161 Å². The average Bonchev–Trinajstić information content (AvgIpc) is 3.15. The fraction of sp³-hybridized carbons (Fsp3) is 0.381. The van der Waals surface area contributed by atoms with Gasteiger partial charge in [0, 0.05) is 17.9 Å². The van der Waals surface area contributed by atoms with Crippen molar-refractivity contribution in [2.45, 2.75) is 37.7 Å². The van der Waals surface area contributed by atoms with Crippen molar-refractivity contribution in [3.05, 3.63) is 70.8 Å². The van der Waals surface area contributed by atoms with E-state index in [1.807, 2.05) is 12.1 Å². The Morgan fingerprint density at radius 1 is 1.15 bits per heavy atom. The summed E-state index contributed by atoms with van der Waals surface area (Å²) in [7, 11) is 0. The number of hydrogen-bond acceptors (Lipinski definition) is 2. The Balaban J connectivity index is 1.84. The van der Waals surface area contributed by atoms with Gasteiger partial charge in [-0.25, -0.2) is 0 Å². The number of benzene rings is 2. The molecule has 0 radical (unpaired) electrons. The minimum Gasteiger partial charge on any atom is -0.322 e. The summed E-state index contributed by atoms with van der Waals surface area (Å²) < 4.78 is 40.2. The number of carbonyl (C=O) groups is 1. The molecule has 1 heterocycles. The molecule has 1 amide bonds. The van der Waals surface area contributed by atoms with Crippen LogP contribution in [0.2, 0.25) is 0 Å². The monoisotopic (exact) mass is 393 g/mol. The van der Waals surface area contributed by atoms with Gasteiger partial charge in [-0.2, -0.15) is 13.2 Å². The normalized spacial score (nSPS) is 17.3. The smallest absolute Gasteiger partial charge is 0.322 e. The third kappa shape index (κ3) is 4.49. The second-order valence-electron chi connectivity index (χ2n) is 6.61. The lowest BCUT2D eigenvalue weighted by Crippen LogP contribution is -2.31. The summed E-state index contributed by atoms with van der Waals surface area (Å²) in [5, 5.41) is -0.616. The zero-order valence-electron chi connectivity index (χ0n) is 15.1. The van der Waals surface area contributed by atoms with Gasteiger partial charge in [0.15, 0.2) is 0 Å². The lowest BCUT2D eigenvalue weighted by atomic mass is 10.0. The minimum atomic E-state index is -4.44. The molecular formula is C21H22F3NOS. The Bertz CT molecular complexity index is 789. The van der Waals surface area contributed by atoms with Crippen molar-refractivity contribution < 1.29 is 18.0 Å². The fourth-order valence-electron chi connectivity index (χ4n) is 3.27. The van der Waals surface area contributed by atoms with Gasteiger partial charge in [0.25, 0.3) is 5.91 Å². The molecular weight excluding hydrogens is 371 g/mol. The molecule has 0 saturated carbocycles. The van der Waals surface area contributed by atoms with Crippen molar-refractivity contribution in [1.29, 1.82) is 0 Å². The highest BCUT2D eigenvalue weighted by atomic mass is 32.2. The van der Waals surface area contributed by atoms with E-state index in [0.29, 0.717) is 17.9 Å². The number of amides is 1. The van der Waals surface area contributed by atoms with Gasteiger partial charge in [-0.15, -0.1) is 11.8 Å². The first-order valence-corrected chi connectivity index (χ1v) is 10.1. The Morgan fingerprint density at radius 3 is 2.52 bits per heavy atom. The van der Waals surface area contributed by atoms with E-state index < -0.39 is 17.1 Å². The van der Waals surface area contributed by atoms with Crippen LogP contribution in [-0.2, 0) is 12.6 Å². The van der Waals surface area contributed by atoms with E-state index in [1.54, 1.807) is 23.1 Å². The first-order valence-electron chi connectivity index (χ1n) is 9.09. The van der Waals surface area contributed by atoms with Crippen LogP contribution in [0.4, 0.5) is 13.2 Å². The predicted octanol–water partition coefficient (Wildman–Crippen LogP) is 5.94. The number of aryl methyl sites for hydroxylation is 1. The van der Waals surface area contributed by atoms with Crippen LogP contribution in [0, 0.1) is 0 Å². The van der Waals surface area contributed by atoms with E-state index in [1.165, 1.54) is 29.5 Å². The van der Waals surface area contributed by atoms with Gasteiger partial charge in [-0.3, -0.25) is 4.79 Å². The SMILES string of the molecule is CCCCc1ccc(C(=O)N2CCS[C@@H]2c2ccccc2C(F)(F)F)cc1. The molecule has 1 saturated heterocycles. The number of halogens is 3. The largest absolute Gasteiger partial charge is 0.416 e. The molecule has 0 bridgehead atoms. The maximum atomic E-state index is 13.4. The third-order valence-corrected chi connectivity index (χ3v) is 5.95. The quantitative estimate of drug-likeness (QED) is 0.627. The number of thioether (sulfide) groups is 1. The molecule has 0 aliphatic carbocycles. The van der Waals surface area contributed by atoms with Gasteiger partial charge in [0.05, 0.1) is 5.56 Å². The highest BCUT2D eigenvalue weighted by Gasteiger charge is 2.39. The molecule has 3 rings (SSSR count). The molecule has 0 aromatic heterocycles. The standard InChI is InChI=1S/C21H22F3NOS/c1-2-3-6-15-9-11-16(12-10-15)19(26)25-13-14-27-20(25)17-7-4-5-8-18(17)21(22,23)24/h4-5,7-12,20H,2-3,6,13-14H2,1H3/t20-/m1/s1. The van der Waals surface area contributed by atoms with Crippen LogP contribution in [0.25, 0.3) is 0 Å². The second kappa shape index (κ2) is 8.38. The Hall–Kier alpha value is -1.95. The molecule has 2 aromatic rings. The van der Waals surface area contributed by atoms with E-state index in [9.17, 15) is 18.0 Å². The van der Waals surface area contributed by atoms with Crippen LogP contribution in [0.5, 0.6) is 0 Å². The Kier molecular flexibility index (Phi) is 6.15. The number of hydrogen-bond donors (Lipinski definition) is 0. The molecule has 6 heteroatoms. The summed E-state index contributed by atoms with van der Waals surface area (Å²) >= 11 is 1.38. The lowest BCUT2D eigenvalue weighted by molar-refractivity contribution is -0.138. The third-order valence-electron chi connectivity index (χ3n) is 4.70. The van der Waals surface area contributed by atoms with E-state index >= 15 is 0 Å². The molecule has 1 aliphatic rings. The molecule has 0 unspecified atom stereocenters. The number of nitrogens with zero attached hydrogens (tertiary/aromatic N) is 1. The zero-order chi connectivity index (χ0) is 19.4. The summed E-state index contributed by atoms with van der Waals surface area (Å²) in [5.41, 5.74) is 1.17. The van der Waals surface area contributed by atoms with E-state index in [4.69, 9.17) is 0 Å². The number of unbranched alkanes of at least 4 members (excludes halogenated alkanes) is 1. The molecule has 2 aromatic carbocycles. The summed E-state index contributed by atoms with van der Waals surface area (Å²) in [6, 6.07) is 13.0. The summed E-state index contributed by atoms with van der Waals surface area (Å²) in [4.78, 5) is 14.5. The molecule has 27 heavy (non-hydrogen) atoms. The highest BCUT2D eigenvalue weighted by molar-refractivity contribution is 7.99. The van der Waals surface area contributed by atoms with Crippen LogP contribution in [-0.4, -0.2) is 23.1 Å². The maximum absolute atomic E-state index is 13.4. The Morgan fingerprint density at radius 2 is 1.85 bits per heavy atom. The molecule has 1 fully saturated rings. The summed E-state index contributed by atoms with van der Waals surface area (Å²) in [6.45, 7) is 2.57. The lowest BCUT2D eigenvalue weighted by Gasteiger charge is -2.26. The van der Waals surface area contributed by atoms with Gasteiger partial charge in [-0.05, 0) is 42.2 Å². The predicted molar refractivity (Wildman–Crippen MR) is 103 cm³/mol. The number of alkyl halides is 3. The molecule has 0 spiro atoms. The van der Waals surface area contributed by atoms with Gasteiger partial charge in [-0.1, -0.05) is 43.7 Å². The molecule has 2 nitrogen and oxygen atoms in total. The highest BCUT2D eigenvalue weighted by Crippen LogP contribution is 2.44. The minimum absolute atomic E-state index is 0.153. The number of carbonyl (C=O) groups excluding carboxylic acids is 1. The zero-order valence-corrected chi connectivity index (χ0v) is 15.9. The van der Waals surface area contributed by atoms with Crippen LogP contribution in [0.15, 0.2) is 48.5 Å². The first-order chi connectivity index (χ1) is 12.9. The molecule has 144 valence electrons. The van der Waals surface area contributed by atoms with Crippen molar-refractivity contribution in [2.75, 3.05) is 12.3 Å². The van der Waals surface area contributed by atoms with E-state index in [-0.39, 0.29) is 11.5 Å². The van der Waals surface area contributed by atoms with Crippen molar-refractivity contribution in [3.8, 4) is 0 Å². The first kappa shape index (κ1) is 19.8. The van der Waals surface area contributed by atoms with E-state index in [0.717, 1.165) is 25.3 Å². The fourth-order valence-corrected chi connectivity index (χ4v) is 4.56. The van der Waals surface area contributed by atoms with Crippen LogP contribution in [0.1, 0.15) is 52.2 Å². The summed E-state index contributed by atoms with van der Waals surface area (Å²) in [6.07, 6.45) is -1.28. The average molecular weight is 393 g/mol. The number of rotatable bonds is 5. The molecule has 1 atom stereocenters. The van der Waals surface area contributed by atoms with Crippen molar-refractivity contribution >= 4 is 17.7 Å². The van der Waals surface area contributed by atoms with Crippen LogP contribution in [0.3, 0.4) is 0 Å². The van der Waals surface area contributed by atoms with Gasteiger partial charge >= 0.3 is 6.18 Å². The maximum Gasteiger partial charge on any atom is 0.416 e. The van der Waals surface area contributed by atoms with Crippen molar-refractivity contribution in [2.24, 2.45) is 0 Å². The van der Waals surface area contributed by atoms with Crippen molar-refractivity contribution in [1.82, 2.24) is 4.90 Å².